The third-order valence-electron chi connectivity index (χ3n) is 4.29. The van der Waals surface area contributed by atoms with Gasteiger partial charge in [0.1, 0.15) is 18.2 Å². The van der Waals surface area contributed by atoms with Crippen LogP contribution in [0.1, 0.15) is 16.7 Å². The zero-order chi connectivity index (χ0) is 22.2. The first-order chi connectivity index (χ1) is 15.0. The number of amides is 1. The minimum absolute atomic E-state index is 0.0575. The predicted molar refractivity (Wildman–Crippen MR) is 124 cm³/mol. The maximum atomic E-state index is 12.4. The highest BCUT2D eigenvalue weighted by Crippen LogP contribution is 2.35. The summed E-state index contributed by atoms with van der Waals surface area (Å²) in [6, 6.07) is 21.7. The van der Waals surface area contributed by atoms with E-state index in [4.69, 9.17) is 39.5 Å². The summed E-state index contributed by atoms with van der Waals surface area (Å²) in [4.78, 5) is 12.4. The van der Waals surface area contributed by atoms with Crippen molar-refractivity contribution in [1.29, 1.82) is 5.26 Å². The monoisotopic (exact) mass is 470 g/mol. The zero-order valence-electron chi connectivity index (χ0n) is 16.2. The molecule has 1 amide bonds. The van der Waals surface area contributed by atoms with Crippen LogP contribution in [0.4, 0.5) is 0 Å². The maximum Gasteiger partial charge on any atom is 0.262 e. The third-order valence-corrected chi connectivity index (χ3v) is 5.10. The van der Waals surface area contributed by atoms with Gasteiger partial charge in [0, 0.05) is 11.6 Å². The number of nitrogens with one attached hydrogen (secondary N) is 1. The van der Waals surface area contributed by atoms with E-state index in [9.17, 15) is 10.1 Å². The molecule has 0 radical (unpaired) electrons. The molecule has 1 N–H and O–H groups in total. The molecule has 3 rings (SSSR count). The molecule has 0 unspecified atom stereocenters. The fourth-order valence-corrected chi connectivity index (χ4v) is 3.46. The summed E-state index contributed by atoms with van der Waals surface area (Å²) in [6.07, 6.45) is 1.43. The van der Waals surface area contributed by atoms with Crippen LogP contribution in [0.3, 0.4) is 0 Å². The van der Waals surface area contributed by atoms with E-state index in [0.717, 1.165) is 11.1 Å². The van der Waals surface area contributed by atoms with Gasteiger partial charge in [0.05, 0.1) is 10.0 Å². The van der Waals surface area contributed by atoms with Crippen molar-refractivity contribution < 1.29 is 9.53 Å². The SMILES string of the molecule is N#C/C(=C/c1cc(Cl)c(OCc2ccc(Cl)cc2)c(Cl)c1)C(=O)NCc1ccccc1. The van der Waals surface area contributed by atoms with Gasteiger partial charge in [-0.15, -0.1) is 0 Å². The lowest BCUT2D eigenvalue weighted by atomic mass is 10.1. The molecule has 0 fully saturated rings. The summed E-state index contributed by atoms with van der Waals surface area (Å²) >= 11 is 18.5. The second-order valence-electron chi connectivity index (χ2n) is 6.57. The summed E-state index contributed by atoms with van der Waals surface area (Å²) in [6.45, 7) is 0.578. The number of carbonyl (C=O) groups excluding carboxylic acids is 1. The Morgan fingerprint density at radius 3 is 2.23 bits per heavy atom. The lowest BCUT2D eigenvalue weighted by molar-refractivity contribution is -0.117. The molecule has 31 heavy (non-hydrogen) atoms. The standard InChI is InChI=1S/C24H17Cl3N2O2/c25-20-8-6-17(7-9-20)15-31-23-21(26)11-18(12-22(23)27)10-19(13-28)24(30)29-14-16-4-2-1-3-5-16/h1-12H,14-15H2,(H,29,30)/b19-10-. The van der Waals surface area contributed by atoms with Crippen molar-refractivity contribution in [3.63, 3.8) is 0 Å². The molecule has 0 aromatic heterocycles. The van der Waals surface area contributed by atoms with Crippen molar-refractivity contribution in [3.8, 4) is 11.8 Å². The van der Waals surface area contributed by atoms with E-state index >= 15 is 0 Å². The molecule has 0 heterocycles. The predicted octanol–water partition coefficient (Wildman–Crippen LogP) is 6.45. The average Bonchev–Trinajstić information content (AvgIpc) is 2.77. The van der Waals surface area contributed by atoms with Gasteiger partial charge in [-0.1, -0.05) is 77.3 Å². The number of hydrogen-bond acceptors (Lipinski definition) is 3. The summed E-state index contributed by atoms with van der Waals surface area (Å²) in [5.74, 6) is -0.163. The highest BCUT2D eigenvalue weighted by molar-refractivity contribution is 6.37. The highest BCUT2D eigenvalue weighted by atomic mass is 35.5. The molecule has 4 nitrogen and oxygen atoms in total. The van der Waals surface area contributed by atoms with Gasteiger partial charge in [-0.2, -0.15) is 5.26 Å². The molecular formula is C24H17Cl3N2O2. The summed E-state index contributed by atoms with van der Waals surface area (Å²) in [7, 11) is 0. The number of nitriles is 1. The van der Waals surface area contributed by atoms with Crippen LogP contribution >= 0.6 is 34.8 Å². The summed E-state index contributed by atoms with van der Waals surface area (Å²) in [5.41, 5.74) is 2.29. The molecule has 0 saturated carbocycles. The molecule has 156 valence electrons. The number of benzene rings is 3. The Kier molecular flexibility index (Phi) is 7.97. The van der Waals surface area contributed by atoms with Crippen LogP contribution in [0.15, 0.2) is 72.3 Å². The molecule has 7 heteroatoms. The fraction of sp³-hybridized carbons (Fsp3) is 0.0833. The van der Waals surface area contributed by atoms with Gasteiger partial charge < -0.3 is 10.1 Å². The number of ether oxygens (including phenoxy) is 1. The van der Waals surface area contributed by atoms with Crippen LogP contribution in [0.25, 0.3) is 6.08 Å². The van der Waals surface area contributed by atoms with E-state index in [2.05, 4.69) is 5.32 Å². The fourth-order valence-electron chi connectivity index (χ4n) is 2.73. The first-order valence-electron chi connectivity index (χ1n) is 9.26. The van der Waals surface area contributed by atoms with Crippen LogP contribution in [0.2, 0.25) is 15.1 Å². The largest absolute Gasteiger partial charge is 0.486 e. The Morgan fingerprint density at radius 2 is 1.61 bits per heavy atom. The van der Waals surface area contributed by atoms with Crippen molar-refractivity contribution in [2.75, 3.05) is 0 Å². The quantitative estimate of drug-likeness (QED) is 0.318. The van der Waals surface area contributed by atoms with Crippen LogP contribution in [0.5, 0.6) is 5.75 Å². The third kappa shape index (κ3) is 6.50. The molecule has 0 saturated heterocycles. The van der Waals surface area contributed by atoms with Crippen LogP contribution < -0.4 is 10.1 Å². The van der Waals surface area contributed by atoms with Gasteiger partial charge >= 0.3 is 0 Å². The van der Waals surface area contributed by atoms with Crippen molar-refractivity contribution in [2.45, 2.75) is 13.2 Å². The van der Waals surface area contributed by atoms with E-state index in [-0.39, 0.29) is 22.2 Å². The molecular weight excluding hydrogens is 455 g/mol. The normalized spacial score (nSPS) is 11.0. The molecule has 0 bridgehead atoms. The van der Waals surface area contributed by atoms with Crippen molar-refractivity contribution in [1.82, 2.24) is 5.32 Å². The second kappa shape index (κ2) is 10.9. The Balaban J connectivity index is 1.71. The molecule has 0 aliphatic rings. The Morgan fingerprint density at radius 1 is 0.968 bits per heavy atom. The lowest BCUT2D eigenvalue weighted by Crippen LogP contribution is -2.23. The van der Waals surface area contributed by atoms with Gasteiger partial charge in [-0.3, -0.25) is 4.79 Å². The van der Waals surface area contributed by atoms with E-state index in [1.807, 2.05) is 48.5 Å². The summed E-state index contributed by atoms with van der Waals surface area (Å²) in [5, 5.41) is 13.3. The van der Waals surface area contributed by atoms with Crippen molar-refractivity contribution >= 4 is 46.8 Å². The topological polar surface area (TPSA) is 62.1 Å². The van der Waals surface area contributed by atoms with Crippen LogP contribution in [-0.4, -0.2) is 5.91 Å². The molecule has 0 aliphatic heterocycles. The van der Waals surface area contributed by atoms with Crippen LogP contribution in [0, 0.1) is 11.3 Å². The molecule has 3 aromatic carbocycles. The first kappa shape index (κ1) is 22.7. The number of hydrogen-bond donors (Lipinski definition) is 1. The second-order valence-corrected chi connectivity index (χ2v) is 7.82. The average molecular weight is 472 g/mol. The minimum atomic E-state index is -0.485. The van der Waals surface area contributed by atoms with Crippen molar-refractivity contribution in [2.24, 2.45) is 0 Å². The van der Waals surface area contributed by atoms with E-state index < -0.39 is 5.91 Å². The Bertz CT molecular complexity index is 1110. The van der Waals surface area contributed by atoms with Gasteiger partial charge in [-0.25, -0.2) is 0 Å². The first-order valence-corrected chi connectivity index (χ1v) is 10.4. The van der Waals surface area contributed by atoms with E-state index in [0.29, 0.717) is 22.9 Å². The number of nitrogens with zero attached hydrogens (tertiary/aromatic N) is 1. The maximum absolute atomic E-state index is 12.4. The molecule has 3 aromatic rings. The number of halogens is 3. The molecule has 0 aliphatic carbocycles. The van der Waals surface area contributed by atoms with Gasteiger partial charge in [0.2, 0.25) is 0 Å². The molecule has 0 spiro atoms. The van der Waals surface area contributed by atoms with Crippen LogP contribution in [-0.2, 0) is 17.9 Å². The Labute approximate surface area is 195 Å². The zero-order valence-corrected chi connectivity index (χ0v) is 18.5. The Hall–Kier alpha value is -2.97. The molecule has 0 atom stereocenters. The number of carbonyl (C=O) groups is 1. The van der Waals surface area contributed by atoms with Crippen molar-refractivity contribution in [3.05, 3.63) is 104 Å². The van der Waals surface area contributed by atoms with Gasteiger partial charge in [0.25, 0.3) is 5.91 Å². The van der Waals surface area contributed by atoms with Gasteiger partial charge in [0.15, 0.2) is 5.75 Å². The number of rotatable bonds is 7. The highest BCUT2D eigenvalue weighted by Gasteiger charge is 2.13. The minimum Gasteiger partial charge on any atom is -0.486 e. The van der Waals surface area contributed by atoms with Gasteiger partial charge in [-0.05, 0) is 47.0 Å². The van der Waals surface area contributed by atoms with E-state index in [1.54, 1.807) is 24.3 Å². The van der Waals surface area contributed by atoms with E-state index in [1.165, 1.54) is 6.08 Å². The summed E-state index contributed by atoms with van der Waals surface area (Å²) < 4.78 is 5.74. The smallest absolute Gasteiger partial charge is 0.262 e. The lowest BCUT2D eigenvalue weighted by Gasteiger charge is -2.11.